The van der Waals surface area contributed by atoms with Gasteiger partial charge in [0.05, 0.1) is 0 Å². The maximum atomic E-state index is 5.13. The fraction of sp³-hybridized carbons (Fsp3) is 0.250. The van der Waals surface area contributed by atoms with E-state index in [1.165, 1.54) is 11.8 Å². The van der Waals surface area contributed by atoms with Crippen molar-refractivity contribution in [3.8, 4) is 0 Å². The van der Waals surface area contributed by atoms with Crippen LogP contribution in [0.4, 0.5) is 0 Å². The summed E-state index contributed by atoms with van der Waals surface area (Å²) in [5.41, 5.74) is 5.13. The molecule has 0 aliphatic heterocycles. The van der Waals surface area contributed by atoms with Crippen molar-refractivity contribution in [1.82, 2.24) is 0 Å². The van der Waals surface area contributed by atoms with Crippen LogP contribution < -0.4 is 5.73 Å². The van der Waals surface area contributed by atoms with E-state index in [4.69, 9.17) is 5.73 Å². The maximum absolute atomic E-state index is 5.13. The molecule has 0 aliphatic carbocycles. The molecule has 0 spiro atoms. The molecule has 0 amide bonds. The topological polar surface area (TPSA) is 26.0 Å². The van der Waals surface area contributed by atoms with E-state index in [0.717, 1.165) is 5.75 Å². The van der Waals surface area contributed by atoms with E-state index in [2.05, 4.69) is 18.8 Å². The van der Waals surface area contributed by atoms with E-state index in [1.54, 1.807) is 6.08 Å². The van der Waals surface area contributed by atoms with Gasteiger partial charge in [-0.2, -0.15) is 0 Å². The van der Waals surface area contributed by atoms with Crippen LogP contribution in [-0.4, -0.2) is 10.1 Å². The van der Waals surface area contributed by atoms with Crippen LogP contribution >= 0.6 is 24.0 Å². The molecule has 0 aromatic rings. The van der Waals surface area contributed by atoms with Crippen molar-refractivity contribution in [2.45, 2.75) is 0 Å². The molecule has 0 saturated heterocycles. The molecule has 0 atom stereocenters. The first-order chi connectivity index (χ1) is 3.27. The Balaban J connectivity index is 0. The predicted octanol–water partition coefficient (Wildman–Crippen LogP) is 1.15. The van der Waals surface area contributed by atoms with E-state index in [0.29, 0.717) is 4.32 Å². The maximum Gasteiger partial charge on any atom is 0.131 e. The van der Waals surface area contributed by atoms with Gasteiger partial charge in [-0.1, -0.05) is 30.1 Å². The van der Waals surface area contributed by atoms with Gasteiger partial charge in [0, 0.05) is 33.4 Å². The summed E-state index contributed by atoms with van der Waals surface area (Å²) >= 11 is 5.98. The summed E-state index contributed by atoms with van der Waals surface area (Å²) in [6.45, 7) is 3.50. The summed E-state index contributed by atoms with van der Waals surface area (Å²) in [6, 6.07) is 0. The number of thiocarbonyl (C=S) groups is 1. The molecule has 0 bridgehead atoms. The minimum Gasteiger partial charge on any atom is -0.385 e. The van der Waals surface area contributed by atoms with E-state index in [1.807, 2.05) is 0 Å². The van der Waals surface area contributed by atoms with Crippen LogP contribution in [0, 0.1) is 0 Å². The summed E-state index contributed by atoms with van der Waals surface area (Å²) in [6.07, 6.45) is 1.77. The summed E-state index contributed by atoms with van der Waals surface area (Å²) in [4.78, 5) is 0. The van der Waals surface area contributed by atoms with Crippen molar-refractivity contribution in [3.05, 3.63) is 12.7 Å². The minimum atomic E-state index is 0. The van der Waals surface area contributed by atoms with Crippen LogP contribution in [-0.2, 0) is 27.7 Å². The quantitative estimate of drug-likeness (QED) is 0.466. The van der Waals surface area contributed by atoms with Crippen LogP contribution in [0.2, 0.25) is 0 Å². The molecule has 0 saturated carbocycles. The Kier molecular flexibility index (Phi) is 11.6. The van der Waals surface area contributed by atoms with Gasteiger partial charge in [0.1, 0.15) is 4.32 Å². The molecule has 1 nitrogen and oxygen atoms in total. The number of thioether (sulfide) groups is 1. The molecule has 0 unspecified atom stereocenters. The Morgan fingerprint density at radius 1 is 1.88 bits per heavy atom. The normalized spacial score (nSPS) is 7.00. The molecule has 0 rings (SSSR count). The van der Waals surface area contributed by atoms with Crippen molar-refractivity contribution in [1.29, 1.82) is 0 Å². The molecule has 0 radical (unpaired) electrons. The van der Waals surface area contributed by atoms with Gasteiger partial charge >= 0.3 is 0 Å². The van der Waals surface area contributed by atoms with Crippen molar-refractivity contribution in [3.63, 3.8) is 0 Å². The van der Waals surface area contributed by atoms with Gasteiger partial charge in [0.2, 0.25) is 0 Å². The Morgan fingerprint density at radius 2 is 2.38 bits per heavy atom. The molecular formula is C4H7HgNS2. The second-order valence-electron chi connectivity index (χ2n) is 0.919. The van der Waals surface area contributed by atoms with Gasteiger partial charge in [-0.25, -0.2) is 0 Å². The average molecular weight is 334 g/mol. The van der Waals surface area contributed by atoms with Gasteiger partial charge in [-0.15, -0.1) is 6.58 Å². The van der Waals surface area contributed by atoms with Gasteiger partial charge in [0.15, 0.2) is 0 Å². The monoisotopic (exact) mass is 335 g/mol. The third kappa shape index (κ3) is 10.0. The molecule has 0 aromatic heterocycles. The molecule has 2 N–H and O–H groups in total. The smallest absolute Gasteiger partial charge is 0.131 e. The molecule has 42 valence electrons. The van der Waals surface area contributed by atoms with E-state index in [-0.39, 0.29) is 27.7 Å². The molecule has 0 aliphatic rings. The zero-order chi connectivity index (χ0) is 5.70. The average Bonchev–Trinajstić information content (AvgIpc) is 1.61. The minimum absolute atomic E-state index is 0. The number of nitrogens with two attached hydrogens (primary N) is 1. The van der Waals surface area contributed by atoms with Crippen LogP contribution in [0.25, 0.3) is 0 Å². The largest absolute Gasteiger partial charge is 0.385 e. The van der Waals surface area contributed by atoms with Crippen LogP contribution in [0.3, 0.4) is 0 Å². The van der Waals surface area contributed by atoms with Crippen molar-refractivity contribution >= 4 is 28.3 Å². The third-order valence-electron chi connectivity index (χ3n) is 0.343. The first-order valence-corrected chi connectivity index (χ1v) is 3.20. The van der Waals surface area contributed by atoms with Crippen molar-refractivity contribution in [2.75, 3.05) is 5.75 Å². The van der Waals surface area contributed by atoms with Gasteiger partial charge in [0.25, 0.3) is 0 Å². The number of hydrogen-bond acceptors (Lipinski definition) is 2. The fourth-order valence-corrected chi connectivity index (χ4v) is 0.627. The molecule has 0 fully saturated rings. The third-order valence-corrected chi connectivity index (χ3v) is 1.38. The second-order valence-corrected chi connectivity index (χ2v) is 2.68. The van der Waals surface area contributed by atoms with Crippen molar-refractivity contribution < 1.29 is 27.7 Å². The van der Waals surface area contributed by atoms with Gasteiger partial charge in [-0.05, 0) is 0 Å². The molecule has 4 heteroatoms. The predicted molar refractivity (Wildman–Crippen MR) is 39.4 cm³/mol. The van der Waals surface area contributed by atoms with E-state index in [9.17, 15) is 0 Å². The second kappa shape index (κ2) is 7.92. The summed E-state index contributed by atoms with van der Waals surface area (Å²) < 4.78 is 0.486. The van der Waals surface area contributed by atoms with Crippen LogP contribution in [0.15, 0.2) is 12.7 Å². The van der Waals surface area contributed by atoms with Gasteiger partial charge < -0.3 is 5.73 Å². The standard InChI is InChI=1S/C4H7NS2.Hg/c1-2-3-7-4(5)6;/h2H,1,3H2,(H2,5,6);. The van der Waals surface area contributed by atoms with E-state index < -0.39 is 0 Å². The Hall–Kier alpha value is 0.915. The van der Waals surface area contributed by atoms with Crippen LogP contribution in [0.1, 0.15) is 0 Å². The number of hydrogen-bond donors (Lipinski definition) is 1. The van der Waals surface area contributed by atoms with Crippen molar-refractivity contribution in [2.24, 2.45) is 5.73 Å². The summed E-state index contributed by atoms with van der Waals surface area (Å²) in [7, 11) is 0. The van der Waals surface area contributed by atoms with E-state index >= 15 is 0 Å². The van der Waals surface area contributed by atoms with Gasteiger partial charge in [-0.3, -0.25) is 0 Å². The first kappa shape index (κ1) is 11.7. The Bertz CT molecular complexity index is 84.1. The number of rotatable bonds is 2. The Labute approximate surface area is 79.6 Å². The molecule has 8 heavy (non-hydrogen) atoms. The van der Waals surface area contributed by atoms with Crippen LogP contribution in [0.5, 0.6) is 0 Å². The zero-order valence-corrected chi connectivity index (χ0v) is 11.7. The molecule has 0 heterocycles. The molecule has 0 aromatic carbocycles. The first-order valence-electron chi connectivity index (χ1n) is 1.80. The summed E-state index contributed by atoms with van der Waals surface area (Å²) in [5.74, 6) is 0.815. The zero-order valence-electron chi connectivity index (χ0n) is 4.59. The fourth-order valence-electron chi connectivity index (χ4n) is 0.141. The molecular weight excluding hydrogens is 327 g/mol. The SMILES string of the molecule is C=CCSC(N)=S.[Hg]. The summed E-state index contributed by atoms with van der Waals surface area (Å²) in [5, 5.41) is 0. The Morgan fingerprint density at radius 3 is 2.50 bits per heavy atom.